The quantitative estimate of drug-likeness (QED) is 0.895. The molecule has 1 fully saturated rings. The molecular weight excluding hydrogens is 328 g/mol. The molecule has 2 aliphatic rings. The van der Waals surface area contributed by atoms with Crippen molar-refractivity contribution in [2.75, 3.05) is 11.4 Å². The highest BCUT2D eigenvalue weighted by Crippen LogP contribution is 2.26. The summed E-state index contributed by atoms with van der Waals surface area (Å²) in [6.45, 7) is 0.558. The Hall–Kier alpha value is -2.34. The molecule has 0 unspecified atom stereocenters. The number of carbonyl (C=O) groups is 2. The minimum atomic E-state index is -0.523. The minimum Gasteiger partial charge on any atom is -0.339 e. The second-order valence-electron chi connectivity index (χ2n) is 6.17. The normalized spacial score (nSPS) is 19.6. The van der Waals surface area contributed by atoms with Gasteiger partial charge in [-0.3, -0.25) is 14.7 Å². The second kappa shape index (κ2) is 5.94. The second-order valence-corrected chi connectivity index (χ2v) is 6.60. The molecular formula is C17H17ClN4O2. The highest BCUT2D eigenvalue weighted by molar-refractivity contribution is 6.31. The molecule has 2 aromatic rings. The van der Waals surface area contributed by atoms with Crippen molar-refractivity contribution in [3.05, 3.63) is 46.2 Å². The van der Waals surface area contributed by atoms with Crippen LogP contribution in [0.5, 0.6) is 0 Å². The summed E-state index contributed by atoms with van der Waals surface area (Å²) in [5, 5.41) is 10.5. The minimum absolute atomic E-state index is 0.113. The van der Waals surface area contributed by atoms with E-state index in [0.29, 0.717) is 23.7 Å². The van der Waals surface area contributed by atoms with E-state index in [-0.39, 0.29) is 11.8 Å². The largest absolute Gasteiger partial charge is 0.339 e. The number of H-pyrrole nitrogens is 1. The summed E-state index contributed by atoms with van der Waals surface area (Å²) < 4.78 is 0. The zero-order valence-corrected chi connectivity index (χ0v) is 13.8. The number of aryl methyl sites for hydroxylation is 1. The third-order valence-electron chi connectivity index (χ3n) is 4.65. The van der Waals surface area contributed by atoms with Gasteiger partial charge in [0.15, 0.2) is 5.69 Å². The number of nitrogens with one attached hydrogen (secondary N) is 2. The topological polar surface area (TPSA) is 78.1 Å². The Morgan fingerprint density at radius 2 is 2.25 bits per heavy atom. The van der Waals surface area contributed by atoms with E-state index in [2.05, 4.69) is 15.5 Å². The Kier molecular flexibility index (Phi) is 3.76. The monoisotopic (exact) mass is 344 g/mol. The van der Waals surface area contributed by atoms with Gasteiger partial charge < -0.3 is 10.2 Å². The van der Waals surface area contributed by atoms with E-state index in [0.717, 1.165) is 36.2 Å². The molecule has 0 spiro atoms. The zero-order chi connectivity index (χ0) is 16.7. The molecule has 0 saturated carbocycles. The molecule has 2 amide bonds. The molecule has 1 aliphatic carbocycles. The molecule has 1 aromatic carbocycles. The van der Waals surface area contributed by atoms with Gasteiger partial charge in [-0.25, -0.2) is 0 Å². The Morgan fingerprint density at radius 1 is 1.38 bits per heavy atom. The van der Waals surface area contributed by atoms with Crippen molar-refractivity contribution in [3.8, 4) is 0 Å². The summed E-state index contributed by atoms with van der Waals surface area (Å²) in [6, 6.07) is 6.65. The molecule has 24 heavy (non-hydrogen) atoms. The van der Waals surface area contributed by atoms with E-state index >= 15 is 0 Å². The van der Waals surface area contributed by atoms with Gasteiger partial charge in [-0.15, -0.1) is 0 Å². The van der Waals surface area contributed by atoms with E-state index in [4.69, 9.17) is 11.6 Å². The predicted octanol–water partition coefficient (Wildman–Crippen LogP) is 2.09. The Bertz CT molecular complexity index is 817. The van der Waals surface area contributed by atoms with Crippen LogP contribution in [0.2, 0.25) is 5.02 Å². The van der Waals surface area contributed by atoms with Crippen molar-refractivity contribution in [2.24, 2.45) is 0 Å². The van der Waals surface area contributed by atoms with Crippen LogP contribution >= 0.6 is 11.6 Å². The van der Waals surface area contributed by atoms with Gasteiger partial charge >= 0.3 is 0 Å². The summed E-state index contributed by atoms with van der Waals surface area (Å²) in [4.78, 5) is 26.7. The molecule has 6 nitrogen and oxygen atoms in total. The Morgan fingerprint density at radius 3 is 3.08 bits per heavy atom. The van der Waals surface area contributed by atoms with Crippen molar-refractivity contribution in [3.63, 3.8) is 0 Å². The van der Waals surface area contributed by atoms with Crippen LogP contribution in [-0.4, -0.2) is 34.6 Å². The summed E-state index contributed by atoms with van der Waals surface area (Å²) in [5.74, 6) is -0.390. The van der Waals surface area contributed by atoms with Crippen LogP contribution in [0.1, 0.15) is 34.6 Å². The number of amides is 2. The summed E-state index contributed by atoms with van der Waals surface area (Å²) in [6.07, 6.45) is 3.40. The number of hydrogen-bond acceptors (Lipinski definition) is 3. The van der Waals surface area contributed by atoms with Gasteiger partial charge in [-0.2, -0.15) is 5.10 Å². The van der Waals surface area contributed by atoms with E-state index in [1.165, 1.54) is 0 Å². The van der Waals surface area contributed by atoms with Crippen LogP contribution in [0.15, 0.2) is 24.3 Å². The maximum atomic E-state index is 12.6. The van der Waals surface area contributed by atoms with E-state index in [1.807, 2.05) is 12.1 Å². The number of aromatic nitrogens is 2. The Balaban J connectivity index is 1.48. The molecule has 7 heteroatoms. The van der Waals surface area contributed by atoms with E-state index in [9.17, 15) is 9.59 Å². The molecule has 2 N–H and O–H groups in total. The van der Waals surface area contributed by atoms with Crippen LogP contribution in [0.25, 0.3) is 0 Å². The third-order valence-corrected chi connectivity index (χ3v) is 4.89. The maximum Gasteiger partial charge on any atom is 0.272 e. The maximum absolute atomic E-state index is 12.6. The van der Waals surface area contributed by atoms with Gasteiger partial charge in [0.25, 0.3) is 5.91 Å². The van der Waals surface area contributed by atoms with Gasteiger partial charge in [0.2, 0.25) is 5.91 Å². The first-order chi connectivity index (χ1) is 11.6. The molecule has 4 rings (SSSR count). The first-order valence-corrected chi connectivity index (χ1v) is 8.45. The first kappa shape index (κ1) is 15.2. The lowest BCUT2D eigenvalue weighted by atomic mass is 10.1. The molecule has 1 aromatic heterocycles. The van der Waals surface area contributed by atoms with Crippen molar-refractivity contribution in [1.29, 1.82) is 0 Å². The Labute approximate surface area is 144 Å². The van der Waals surface area contributed by atoms with Crippen molar-refractivity contribution < 1.29 is 9.59 Å². The lowest BCUT2D eigenvalue weighted by Crippen LogP contribution is -2.42. The van der Waals surface area contributed by atoms with Gasteiger partial charge in [-0.1, -0.05) is 17.7 Å². The lowest BCUT2D eigenvalue weighted by molar-refractivity contribution is -0.118. The average Bonchev–Trinajstić information content (AvgIpc) is 3.24. The van der Waals surface area contributed by atoms with E-state index < -0.39 is 6.04 Å². The number of benzene rings is 1. The number of hydrogen-bond donors (Lipinski definition) is 2. The van der Waals surface area contributed by atoms with Crippen LogP contribution in [0, 0.1) is 0 Å². The first-order valence-electron chi connectivity index (χ1n) is 8.07. The van der Waals surface area contributed by atoms with Crippen molar-refractivity contribution in [1.82, 2.24) is 15.5 Å². The van der Waals surface area contributed by atoms with Gasteiger partial charge in [0.1, 0.15) is 6.04 Å². The fourth-order valence-corrected chi connectivity index (χ4v) is 3.63. The predicted molar refractivity (Wildman–Crippen MR) is 90.3 cm³/mol. The van der Waals surface area contributed by atoms with Crippen molar-refractivity contribution >= 4 is 29.1 Å². The molecule has 1 aliphatic heterocycles. The number of nitrogens with zero attached hydrogens (tertiary/aromatic N) is 2. The van der Waals surface area contributed by atoms with Crippen molar-refractivity contribution in [2.45, 2.75) is 31.7 Å². The molecule has 124 valence electrons. The van der Waals surface area contributed by atoms with Crippen LogP contribution in [-0.2, 0) is 17.6 Å². The summed E-state index contributed by atoms with van der Waals surface area (Å²) >= 11 is 5.99. The highest BCUT2D eigenvalue weighted by atomic mass is 35.5. The number of fused-ring (bicyclic) bond motifs is 1. The zero-order valence-electron chi connectivity index (χ0n) is 13.0. The van der Waals surface area contributed by atoms with Crippen LogP contribution < -0.4 is 10.2 Å². The molecule has 1 saturated heterocycles. The number of carbonyl (C=O) groups excluding carboxylic acids is 2. The SMILES string of the molecule is O=C(N[C@H]1CCN(c2cccc(Cl)c2)C1=O)c1n[nH]c2c1CCC2. The smallest absolute Gasteiger partial charge is 0.272 e. The molecule has 0 bridgehead atoms. The summed E-state index contributed by atoms with van der Waals surface area (Å²) in [5.41, 5.74) is 3.21. The highest BCUT2D eigenvalue weighted by Gasteiger charge is 2.35. The molecule has 2 heterocycles. The third kappa shape index (κ3) is 2.57. The number of rotatable bonds is 3. The molecule has 1 atom stereocenters. The molecule has 0 radical (unpaired) electrons. The van der Waals surface area contributed by atoms with Gasteiger partial charge in [-0.05, 0) is 43.9 Å². The van der Waals surface area contributed by atoms with E-state index in [1.54, 1.807) is 17.0 Å². The van der Waals surface area contributed by atoms with Crippen LogP contribution in [0.4, 0.5) is 5.69 Å². The fourth-order valence-electron chi connectivity index (χ4n) is 3.45. The average molecular weight is 345 g/mol. The van der Waals surface area contributed by atoms with Crippen LogP contribution in [0.3, 0.4) is 0 Å². The number of halogens is 1. The van der Waals surface area contributed by atoms with Gasteiger partial charge in [0.05, 0.1) is 0 Å². The number of aromatic amines is 1. The standard InChI is InChI=1S/C17H17ClN4O2/c18-10-3-1-4-11(9-10)22-8-7-14(17(22)24)19-16(23)15-12-5-2-6-13(12)20-21-15/h1,3-4,9,14H,2,5-8H2,(H,19,23)(H,20,21)/t14-/m0/s1. The lowest BCUT2D eigenvalue weighted by Gasteiger charge is -2.17. The van der Waals surface area contributed by atoms with Gasteiger partial charge in [0, 0.05) is 28.5 Å². The number of anilines is 1. The summed E-state index contributed by atoms with van der Waals surface area (Å²) in [7, 11) is 0. The fraction of sp³-hybridized carbons (Fsp3) is 0.353.